The molecule has 2 aromatic carbocycles. The van der Waals surface area contributed by atoms with Crippen LogP contribution < -0.4 is 4.90 Å². The summed E-state index contributed by atoms with van der Waals surface area (Å²) >= 11 is 0. The summed E-state index contributed by atoms with van der Waals surface area (Å²) < 4.78 is 7.86. The second kappa shape index (κ2) is 8.79. The minimum absolute atomic E-state index is 0.650. The summed E-state index contributed by atoms with van der Waals surface area (Å²) in [6.45, 7) is 5.14. The Labute approximate surface area is 211 Å². The molecular weight excluding hydrogens is 468 g/mol. The average molecular weight is 493 g/mol. The van der Waals surface area contributed by atoms with E-state index in [0.29, 0.717) is 24.9 Å². The number of anilines is 1. The number of nitrogens with one attached hydrogen (secondary N) is 2. The molecule has 0 spiro atoms. The van der Waals surface area contributed by atoms with Gasteiger partial charge in [-0.1, -0.05) is 25.1 Å². The third kappa shape index (κ3) is 3.54. The van der Waals surface area contributed by atoms with E-state index >= 15 is 0 Å². The zero-order valence-electron chi connectivity index (χ0n) is 20.2. The highest BCUT2D eigenvalue weighted by molar-refractivity contribution is 6.00. The van der Waals surface area contributed by atoms with Crippen molar-refractivity contribution in [2.75, 3.05) is 31.2 Å². The van der Waals surface area contributed by atoms with Crippen LogP contribution in [-0.2, 0) is 11.2 Å². The van der Waals surface area contributed by atoms with Gasteiger partial charge in [-0.2, -0.15) is 0 Å². The van der Waals surface area contributed by atoms with Crippen LogP contribution in [0.25, 0.3) is 50.4 Å². The number of H-pyrrole nitrogens is 2. The summed E-state index contributed by atoms with van der Waals surface area (Å²) in [6.07, 6.45) is 5.76. The van der Waals surface area contributed by atoms with Crippen LogP contribution >= 0.6 is 0 Å². The van der Waals surface area contributed by atoms with Crippen molar-refractivity contribution in [1.29, 1.82) is 0 Å². The molecule has 184 valence electrons. The molecule has 6 aromatic rings. The first-order valence-corrected chi connectivity index (χ1v) is 12.3. The fourth-order valence-electron chi connectivity index (χ4n) is 5.10. The van der Waals surface area contributed by atoms with Gasteiger partial charge in [0.05, 0.1) is 35.5 Å². The van der Waals surface area contributed by atoms with Gasteiger partial charge < -0.3 is 19.6 Å². The molecule has 7 rings (SSSR count). The van der Waals surface area contributed by atoms with E-state index in [4.69, 9.17) is 14.7 Å². The van der Waals surface area contributed by atoms with Gasteiger partial charge >= 0.3 is 0 Å². The molecular formula is C26H24N10O. The predicted octanol–water partition coefficient (Wildman–Crippen LogP) is 3.54. The van der Waals surface area contributed by atoms with Crippen molar-refractivity contribution in [2.45, 2.75) is 13.3 Å². The number of nitrogens with zero attached hydrogens (tertiary/aromatic N) is 8. The highest BCUT2D eigenvalue weighted by Crippen LogP contribution is 2.38. The second-order valence-electron chi connectivity index (χ2n) is 8.89. The molecule has 11 heteroatoms. The lowest BCUT2D eigenvalue weighted by atomic mass is 10.1. The zero-order valence-corrected chi connectivity index (χ0v) is 20.2. The molecule has 0 unspecified atom stereocenters. The highest BCUT2D eigenvalue weighted by atomic mass is 16.5. The number of rotatable bonds is 5. The van der Waals surface area contributed by atoms with E-state index in [1.165, 1.54) is 0 Å². The Morgan fingerprint density at radius 1 is 0.946 bits per heavy atom. The topological polar surface area (TPSA) is 126 Å². The van der Waals surface area contributed by atoms with Crippen molar-refractivity contribution in [3.05, 3.63) is 61.1 Å². The number of imidazole rings is 1. The molecule has 0 aliphatic carbocycles. The van der Waals surface area contributed by atoms with Crippen LogP contribution in [0.2, 0.25) is 0 Å². The van der Waals surface area contributed by atoms with E-state index in [1.54, 1.807) is 12.7 Å². The van der Waals surface area contributed by atoms with Crippen LogP contribution in [0.15, 0.2) is 55.2 Å². The Bertz CT molecular complexity index is 1700. The average Bonchev–Trinajstić information content (AvgIpc) is 3.74. The van der Waals surface area contributed by atoms with Gasteiger partial charge in [0.15, 0.2) is 11.6 Å². The Balaban J connectivity index is 1.59. The Kier molecular flexibility index (Phi) is 5.14. The molecule has 1 fully saturated rings. The van der Waals surface area contributed by atoms with Crippen molar-refractivity contribution in [1.82, 2.24) is 44.9 Å². The molecule has 1 aliphatic rings. The zero-order chi connectivity index (χ0) is 24.8. The largest absolute Gasteiger partial charge is 0.378 e. The molecule has 2 N–H and O–H groups in total. The molecule has 11 nitrogen and oxygen atoms in total. The number of hydrogen-bond acceptors (Lipinski definition) is 8. The molecule has 4 aromatic heterocycles. The highest BCUT2D eigenvalue weighted by Gasteiger charge is 2.24. The number of aryl methyl sites for hydroxylation is 1. The Morgan fingerprint density at radius 2 is 1.70 bits per heavy atom. The Morgan fingerprint density at radius 3 is 2.43 bits per heavy atom. The predicted molar refractivity (Wildman–Crippen MR) is 140 cm³/mol. The fraction of sp³-hybridized carbons (Fsp3) is 0.231. The monoisotopic (exact) mass is 492 g/mol. The molecule has 0 bridgehead atoms. The fourth-order valence-corrected chi connectivity index (χ4v) is 5.10. The van der Waals surface area contributed by atoms with Crippen LogP contribution in [0.1, 0.15) is 12.7 Å². The van der Waals surface area contributed by atoms with Crippen LogP contribution in [0.5, 0.6) is 0 Å². The van der Waals surface area contributed by atoms with Crippen molar-refractivity contribution in [3.8, 4) is 28.5 Å². The van der Waals surface area contributed by atoms with Gasteiger partial charge in [0.1, 0.15) is 24.0 Å². The number of morpholine rings is 1. The molecule has 0 atom stereocenters. The number of ether oxygens (including phenoxy) is 1. The van der Waals surface area contributed by atoms with Crippen LogP contribution in [-0.4, -0.2) is 71.2 Å². The maximum absolute atomic E-state index is 5.62. The Hall–Kier alpha value is -4.64. The normalized spacial score (nSPS) is 14.1. The van der Waals surface area contributed by atoms with Gasteiger partial charge in [0.2, 0.25) is 0 Å². The minimum Gasteiger partial charge on any atom is -0.378 e. The maximum atomic E-state index is 5.62. The first-order valence-electron chi connectivity index (χ1n) is 12.3. The van der Waals surface area contributed by atoms with Crippen LogP contribution in [0.3, 0.4) is 0 Å². The first-order chi connectivity index (χ1) is 18.3. The molecule has 37 heavy (non-hydrogen) atoms. The van der Waals surface area contributed by atoms with Gasteiger partial charge in [0.25, 0.3) is 0 Å². The molecule has 1 aliphatic heterocycles. The van der Waals surface area contributed by atoms with Gasteiger partial charge in [0, 0.05) is 42.3 Å². The number of fused-ring (bicyclic) bond motifs is 2. The number of benzene rings is 2. The lowest BCUT2D eigenvalue weighted by Crippen LogP contribution is -2.36. The van der Waals surface area contributed by atoms with E-state index in [0.717, 1.165) is 69.8 Å². The van der Waals surface area contributed by atoms with Crippen molar-refractivity contribution in [2.24, 2.45) is 0 Å². The molecule has 1 saturated heterocycles. The summed E-state index contributed by atoms with van der Waals surface area (Å²) in [5.74, 6) is 2.26. The minimum atomic E-state index is 0.650. The summed E-state index contributed by atoms with van der Waals surface area (Å²) in [7, 11) is 0. The number of pyridine rings is 1. The first kappa shape index (κ1) is 21.6. The molecule has 0 saturated carbocycles. The summed E-state index contributed by atoms with van der Waals surface area (Å²) in [5, 5.41) is 17.7. The number of aromatic nitrogens is 9. The second-order valence-corrected chi connectivity index (χ2v) is 8.89. The van der Waals surface area contributed by atoms with Crippen molar-refractivity contribution in [3.63, 3.8) is 0 Å². The van der Waals surface area contributed by atoms with E-state index < -0.39 is 0 Å². The quantitative estimate of drug-likeness (QED) is 0.374. The van der Waals surface area contributed by atoms with Gasteiger partial charge in [-0.25, -0.2) is 4.98 Å². The summed E-state index contributed by atoms with van der Waals surface area (Å²) in [5.41, 5.74) is 6.53. The van der Waals surface area contributed by atoms with E-state index in [9.17, 15) is 0 Å². The standard InChI is InChI=1S/C26H24N10O/c1-2-22-32-23-18(25-28-14-30-33-25)11-16(35-7-9-37-10-8-35)12-21(23)36(22)24-17-5-3-4-6-20(17)27-13-19(24)26-29-15-31-34-26/h3-6,11-15H,2,7-10H2,1H3,(H,28,30,33)(H,29,31,34). The molecule has 0 radical (unpaired) electrons. The molecule has 0 amide bonds. The van der Waals surface area contributed by atoms with Crippen LogP contribution in [0.4, 0.5) is 5.69 Å². The third-order valence-electron chi connectivity index (χ3n) is 6.82. The van der Waals surface area contributed by atoms with Gasteiger partial charge in [-0.05, 0) is 18.2 Å². The number of hydrogen-bond donors (Lipinski definition) is 2. The van der Waals surface area contributed by atoms with Crippen LogP contribution in [0, 0.1) is 0 Å². The van der Waals surface area contributed by atoms with E-state index in [2.05, 4.69) is 65.0 Å². The van der Waals surface area contributed by atoms with Crippen molar-refractivity contribution >= 4 is 27.6 Å². The van der Waals surface area contributed by atoms with E-state index in [-0.39, 0.29) is 0 Å². The summed E-state index contributed by atoms with van der Waals surface area (Å²) in [6, 6.07) is 12.5. The van der Waals surface area contributed by atoms with Gasteiger partial charge in [-0.15, -0.1) is 20.4 Å². The van der Waals surface area contributed by atoms with Crippen molar-refractivity contribution < 1.29 is 4.74 Å². The lowest BCUT2D eigenvalue weighted by Gasteiger charge is -2.29. The smallest absolute Gasteiger partial charge is 0.164 e. The number of aromatic amines is 2. The summed E-state index contributed by atoms with van der Waals surface area (Å²) in [4.78, 5) is 18.6. The maximum Gasteiger partial charge on any atom is 0.164 e. The molecule has 5 heterocycles. The van der Waals surface area contributed by atoms with Gasteiger partial charge in [-0.3, -0.25) is 9.55 Å². The SMILES string of the molecule is CCc1nc2c(-c3nnc[nH]3)cc(N3CCOCC3)cc2n1-c1c(-c2nnc[nH]2)cnc2ccccc12. The third-order valence-corrected chi connectivity index (χ3v) is 6.82. The number of para-hydroxylation sites is 1. The lowest BCUT2D eigenvalue weighted by molar-refractivity contribution is 0.122. The van der Waals surface area contributed by atoms with E-state index in [1.807, 2.05) is 24.4 Å².